The molecule has 0 aliphatic rings. The summed E-state index contributed by atoms with van der Waals surface area (Å²) in [5.74, 6) is 0.178. The normalized spacial score (nSPS) is 10.6. The standard InChI is InChI=1S/C14H10N2O/c17-13-8-11-9-15-7-6-12(11)16-14(13)10-4-2-1-3-5-10/h1-9,17H. The molecule has 0 amide bonds. The summed E-state index contributed by atoms with van der Waals surface area (Å²) >= 11 is 0. The lowest BCUT2D eigenvalue weighted by molar-refractivity contribution is 0.476. The molecule has 2 heterocycles. The number of benzene rings is 1. The van der Waals surface area contributed by atoms with Gasteiger partial charge >= 0.3 is 0 Å². The van der Waals surface area contributed by atoms with Crippen molar-refractivity contribution in [2.24, 2.45) is 0 Å². The number of hydrogen-bond donors (Lipinski definition) is 1. The topological polar surface area (TPSA) is 46.0 Å². The summed E-state index contributed by atoms with van der Waals surface area (Å²) < 4.78 is 0. The van der Waals surface area contributed by atoms with Crippen LogP contribution in [0, 0.1) is 0 Å². The van der Waals surface area contributed by atoms with E-state index in [1.165, 1.54) is 0 Å². The number of aromatic hydroxyl groups is 1. The minimum atomic E-state index is 0.178. The van der Waals surface area contributed by atoms with Crippen LogP contribution in [-0.4, -0.2) is 15.1 Å². The smallest absolute Gasteiger partial charge is 0.142 e. The second-order valence-electron chi connectivity index (χ2n) is 3.79. The molecule has 0 fully saturated rings. The zero-order valence-electron chi connectivity index (χ0n) is 9.04. The fourth-order valence-corrected chi connectivity index (χ4v) is 1.81. The molecule has 3 aromatic rings. The third-order valence-corrected chi connectivity index (χ3v) is 2.64. The Morgan fingerprint density at radius 3 is 2.65 bits per heavy atom. The van der Waals surface area contributed by atoms with Crippen molar-refractivity contribution in [3.63, 3.8) is 0 Å². The summed E-state index contributed by atoms with van der Waals surface area (Å²) in [6, 6.07) is 13.2. The van der Waals surface area contributed by atoms with Crippen LogP contribution in [-0.2, 0) is 0 Å². The van der Waals surface area contributed by atoms with Crippen LogP contribution >= 0.6 is 0 Å². The van der Waals surface area contributed by atoms with Gasteiger partial charge in [-0.2, -0.15) is 0 Å². The lowest BCUT2D eigenvalue weighted by atomic mass is 10.1. The second kappa shape index (κ2) is 3.87. The second-order valence-corrected chi connectivity index (χ2v) is 3.79. The molecular weight excluding hydrogens is 212 g/mol. The first-order chi connectivity index (χ1) is 8.34. The van der Waals surface area contributed by atoms with Crippen molar-refractivity contribution in [3.8, 4) is 17.0 Å². The summed E-state index contributed by atoms with van der Waals surface area (Å²) in [7, 11) is 0. The van der Waals surface area contributed by atoms with E-state index in [1.807, 2.05) is 36.4 Å². The maximum absolute atomic E-state index is 9.97. The minimum Gasteiger partial charge on any atom is -0.506 e. The Morgan fingerprint density at radius 2 is 1.82 bits per heavy atom. The molecular formula is C14H10N2O. The third kappa shape index (κ3) is 1.72. The Morgan fingerprint density at radius 1 is 1.00 bits per heavy atom. The third-order valence-electron chi connectivity index (χ3n) is 2.64. The Labute approximate surface area is 98.4 Å². The van der Waals surface area contributed by atoms with Gasteiger partial charge in [-0.1, -0.05) is 30.3 Å². The van der Waals surface area contributed by atoms with Crippen molar-refractivity contribution in [1.29, 1.82) is 0 Å². The molecule has 0 atom stereocenters. The molecule has 82 valence electrons. The first-order valence-electron chi connectivity index (χ1n) is 5.34. The van der Waals surface area contributed by atoms with Crippen LogP contribution in [0.1, 0.15) is 0 Å². The zero-order chi connectivity index (χ0) is 11.7. The van der Waals surface area contributed by atoms with E-state index in [4.69, 9.17) is 0 Å². The molecule has 1 N–H and O–H groups in total. The number of hydrogen-bond acceptors (Lipinski definition) is 3. The number of aromatic nitrogens is 2. The number of pyridine rings is 2. The number of rotatable bonds is 1. The van der Waals surface area contributed by atoms with Crippen molar-refractivity contribution < 1.29 is 5.11 Å². The molecule has 0 aliphatic carbocycles. The van der Waals surface area contributed by atoms with Gasteiger partial charge in [-0.25, -0.2) is 4.98 Å². The molecule has 0 bridgehead atoms. The number of fused-ring (bicyclic) bond motifs is 1. The van der Waals surface area contributed by atoms with Crippen molar-refractivity contribution in [3.05, 3.63) is 54.9 Å². The van der Waals surface area contributed by atoms with E-state index in [0.717, 1.165) is 16.5 Å². The predicted molar refractivity (Wildman–Crippen MR) is 66.6 cm³/mol. The largest absolute Gasteiger partial charge is 0.506 e. The van der Waals surface area contributed by atoms with E-state index in [1.54, 1.807) is 18.5 Å². The van der Waals surface area contributed by atoms with Crippen LogP contribution in [0.15, 0.2) is 54.9 Å². The minimum absolute atomic E-state index is 0.178. The monoisotopic (exact) mass is 222 g/mol. The molecule has 0 spiro atoms. The van der Waals surface area contributed by atoms with Gasteiger partial charge in [0.25, 0.3) is 0 Å². The average molecular weight is 222 g/mol. The Balaban J connectivity index is 2.27. The van der Waals surface area contributed by atoms with Crippen molar-refractivity contribution in [1.82, 2.24) is 9.97 Å². The van der Waals surface area contributed by atoms with E-state index in [0.29, 0.717) is 5.69 Å². The SMILES string of the molecule is Oc1cc2cnccc2nc1-c1ccccc1. The van der Waals surface area contributed by atoms with Gasteiger partial charge in [0.05, 0.1) is 5.52 Å². The molecule has 2 aromatic heterocycles. The summed E-state index contributed by atoms with van der Waals surface area (Å²) in [5.41, 5.74) is 2.34. The molecule has 0 saturated heterocycles. The summed E-state index contributed by atoms with van der Waals surface area (Å²) in [6.45, 7) is 0. The lowest BCUT2D eigenvalue weighted by Crippen LogP contribution is -1.87. The molecule has 0 radical (unpaired) electrons. The zero-order valence-corrected chi connectivity index (χ0v) is 9.04. The van der Waals surface area contributed by atoms with Crippen LogP contribution in [0.4, 0.5) is 0 Å². The first-order valence-corrected chi connectivity index (χ1v) is 5.34. The molecule has 3 rings (SSSR count). The Bertz CT molecular complexity index is 665. The van der Waals surface area contributed by atoms with Crippen molar-refractivity contribution in [2.75, 3.05) is 0 Å². The highest BCUT2D eigenvalue weighted by Crippen LogP contribution is 2.29. The molecule has 3 nitrogen and oxygen atoms in total. The molecule has 0 aliphatic heterocycles. The van der Waals surface area contributed by atoms with Gasteiger partial charge < -0.3 is 5.11 Å². The van der Waals surface area contributed by atoms with Gasteiger partial charge in [0.1, 0.15) is 11.4 Å². The fourth-order valence-electron chi connectivity index (χ4n) is 1.81. The van der Waals surface area contributed by atoms with E-state index < -0.39 is 0 Å². The van der Waals surface area contributed by atoms with Crippen LogP contribution in [0.2, 0.25) is 0 Å². The molecule has 0 unspecified atom stereocenters. The molecule has 3 heteroatoms. The Kier molecular flexibility index (Phi) is 2.22. The van der Waals surface area contributed by atoms with Gasteiger partial charge in [0.15, 0.2) is 0 Å². The highest BCUT2D eigenvalue weighted by Gasteiger charge is 2.07. The van der Waals surface area contributed by atoms with Crippen LogP contribution in [0.25, 0.3) is 22.2 Å². The van der Waals surface area contributed by atoms with E-state index >= 15 is 0 Å². The Hall–Kier alpha value is -2.42. The van der Waals surface area contributed by atoms with E-state index in [-0.39, 0.29) is 5.75 Å². The van der Waals surface area contributed by atoms with Gasteiger partial charge in [0, 0.05) is 23.3 Å². The quantitative estimate of drug-likeness (QED) is 0.688. The number of nitrogens with zero attached hydrogens (tertiary/aromatic N) is 2. The van der Waals surface area contributed by atoms with Crippen molar-refractivity contribution in [2.45, 2.75) is 0 Å². The highest BCUT2D eigenvalue weighted by molar-refractivity contribution is 5.83. The maximum atomic E-state index is 9.97. The van der Waals surface area contributed by atoms with Gasteiger partial charge in [-0.15, -0.1) is 0 Å². The predicted octanol–water partition coefficient (Wildman–Crippen LogP) is 3.00. The first kappa shape index (κ1) is 9.78. The van der Waals surface area contributed by atoms with Crippen LogP contribution < -0.4 is 0 Å². The lowest BCUT2D eigenvalue weighted by Gasteiger charge is -2.05. The molecule has 0 saturated carbocycles. The van der Waals surface area contributed by atoms with Gasteiger partial charge in [0.2, 0.25) is 0 Å². The van der Waals surface area contributed by atoms with Gasteiger partial charge in [-0.3, -0.25) is 4.98 Å². The summed E-state index contributed by atoms with van der Waals surface area (Å²) in [6.07, 6.45) is 3.39. The van der Waals surface area contributed by atoms with Gasteiger partial charge in [-0.05, 0) is 12.1 Å². The average Bonchev–Trinajstić information content (AvgIpc) is 2.39. The molecule has 17 heavy (non-hydrogen) atoms. The van der Waals surface area contributed by atoms with E-state index in [2.05, 4.69) is 9.97 Å². The maximum Gasteiger partial charge on any atom is 0.142 e. The van der Waals surface area contributed by atoms with E-state index in [9.17, 15) is 5.11 Å². The fraction of sp³-hybridized carbons (Fsp3) is 0. The summed E-state index contributed by atoms with van der Waals surface area (Å²) in [4.78, 5) is 8.46. The summed E-state index contributed by atoms with van der Waals surface area (Å²) in [5, 5.41) is 10.8. The van der Waals surface area contributed by atoms with Crippen molar-refractivity contribution >= 4 is 10.9 Å². The highest BCUT2D eigenvalue weighted by atomic mass is 16.3. The molecule has 1 aromatic carbocycles. The van der Waals surface area contributed by atoms with Crippen LogP contribution in [0.3, 0.4) is 0 Å². The van der Waals surface area contributed by atoms with Crippen LogP contribution in [0.5, 0.6) is 5.75 Å².